The van der Waals surface area contributed by atoms with Crippen molar-refractivity contribution in [2.45, 2.75) is 6.42 Å². The zero-order chi connectivity index (χ0) is 12.0. The maximum atomic E-state index is 11.4. The fourth-order valence-electron chi connectivity index (χ4n) is 1.82. The van der Waals surface area contributed by atoms with Crippen LogP contribution in [0.4, 0.5) is 0 Å². The van der Waals surface area contributed by atoms with Crippen LogP contribution in [0.25, 0.3) is 11.0 Å². The van der Waals surface area contributed by atoms with Crippen molar-refractivity contribution in [2.75, 3.05) is 7.05 Å². The number of halogens is 1. The third-order valence-corrected chi connectivity index (χ3v) is 3.21. The molecule has 1 aromatic heterocycles. The molecule has 0 N–H and O–H groups in total. The van der Waals surface area contributed by atoms with Crippen LogP contribution in [0.5, 0.6) is 0 Å². The summed E-state index contributed by atoms with van der Waals surface area (Å²) in [5.41, 5.74) is 1.48. The van der Waals surface area contributed by atoms with E-state index in [9.17, 15) is 4.79 Å². The van der Waals surface area contributed by atoms with Gasteiger partial charge in [-0.15, -0.1) is 0 Å². The monoisotopic (exact) mass is 292 g/mol. The predicted octanol–water partition coefficient (Wildman–Crippen LogP) is 2.76. The Hall–Kier alpha value is -1.62. The standard InChI is InChI=1S/C12H9BrN2O2/c1-15-12(16)6-9(14-15)11-5-7-4-8(13)2-3-10(7)17-11/h2-5H,6H2,1H3. The third-order valence-electron chi connectivity index (χ3n) is 2.71. The zero-order valence-electron chi connectivity index (χ0n) is 9.11. The molecule has 0 fully saturated rings. The zero-order valence-corrected chi connectivity index (χ0v) is 10.7. The van der Waals surface area contributed by atoms with Crippen molar-refractivity contribution in [3.63, 3.8) is 0 Å². The first-order valence-electron chi connectivity index (χ1n) is 5.17. The first-order chi connectivity index (χ1) is 8.13. The number of nitrogens with zero attached hydrogens (tertiary/aromatic N) is 2. The number of rotatable bonds is 1. The molecular weight excluding hydrogens is 284 g/mol. The summed E-state index contributed by atoms with van der Waals surface area (Å²) < 4.78 is 6.67. The van der Waals surface area contributed by atoms with Crippen LogP contribution in [0.15, 0.2) is 38.3 Å². The molecule has 0 unspecified atom stereocenters. The predicted molar refractivity (Wildman–Crippen MR) is 67.8 cm³/mol. The van der Waals surface area contributed by atoms with Gasteiger partial charge in [0.15, 0.2) is 5.76 Å². The molecule has 1 aliphatic rings. The van der Waals surface area contributed by atoms with Crippen LogP contribution >= 0.6 is 15.9 Å². The van der Waals surface area contributed by atoms with E-state index in [1.165, 1.54) is 5.01 Å². The molecule has 0 saturated heterocycles. The number of amides is 1. The number of furan rings is 1. The molecule has 3 rings (SSSR count). The van der Waals surface area contributed by atoms with E-state index < -0.39 is 0 Å². The molecule has 1 amide bonds. The Kier molecular flexibility index (Phi) is 2.29. The number of fused-ring (bicyclic) bond motifs is 1. The van der Waals surface area contributed by atoms with Gasteiger partial charge in [-0.3, -0.25) is 4.79 Å². The Morgan fingerprint density at radius 2 is 2.24 bits per heavy atom. The molecule has 2 aromatic rings. The molecule has 1 aromatic carbocycles. The van der Waals surface area contributed by atoms with Gasteiger partial charge in [-0.1, -0.05) is 15.9 Å². The molecular formula is C12H9BrN2O2. The van der Waals surface area contributed by atoms with E-state index in [2.05, 4.69) is 21.0 Å². The lowest BCUT2D eigenvalue weighted by Crippen LogP contribution is -2.14. The minimum Gasteiger partial charge on any atom is -0.455 e. The van der Waals surface area contributed by atoms with E-state index in [1.54, 1.807) is 7.05 Å². The summed E-state index contributed by atoms with van der Waals surface area (Å²) in [4.78, 5) is 11.4. The van der Waals surface area contributed by atoms with E-state index in [4.69, 9.17) is 4.42 Å². The SMILES string of the molecule is CN1N=C(c2cc3cc(Br)ccc3o2)CC1=O. The van der Waals surface area contributed by atoms with Crippen LogP contribution < -0.4 is 0 Å². The highest BCUT2D eigenvalue weighted by Gasteiger charge is 2.24. The molecule has 2 heterocycles. The van der Waals surface area contributed by atoms with Gasteiger partial charge < -0.3 is 4.42 Å². The molecule has 4 nitrogen and oxygen atoms in total. The first kappa shape index (κ1) is 10.5. The van der Waals surface area contributed by atoms with E-state index in [0.717, 1.165) is 15.4 Å². The third kappa shape index (κ3) is 1.76. The van der Waals surface area contributed by atoms with Crippen molar-refractivity contribution in [3.05, 3.63) is 34.5 Å². The summed E-state index contributed by atoms with van der Waals surface area (Å²) in [5, 5.41) is 6.50. The van der Waals surface area contributed by atoms with Crippen LogP contribution in [-0.2, 0) is 4.79 Å². The smallest absolute Gasteiger partial charge is 0.248 e. The Balaban J connectivity index is 2.07. The summed E-state index contributed by atoms with van der Waals surface area (Å²) in [6, 6.07) is 7.70. The highest BCUT2D eigenvalue weighted by Crippen LogP contribution is 2.25. The van der Waals surface area contributed by atoms with Crippen molar-refractivity contribution < 1.29 is 9.21 Å². The van der Waals surface area contributed by atoms with Crippen molar-refractivity contribution in [1.82, 2.24) is 5.01 Å². The van der Waals surface area contributed by atoms with Gasteiger partial charge in [0.25, 0.3) is 0 Å². The fourth-order valence-corrected chi connectivity index (χ4v) is 2.20. The first-order valence-corrected chi connectivity index (χ1v) is 5.96. The Morgan fingerprint density at radius 3 is 2.94 bits per heavy atom. The number of hydrogen-bond acceptors (Lipinski definition) is 3. The second-order valence-corrected chi connectivity index (χ2v) is 4.85. The molecule has 0 spiro atoms. The number of carbonyl (C=O) groups excluding carboxylic acids is 1. The molecule has 0 saturated carbocycles. The lowest BCUT2D eigenvalue weighted by molar-refractivity contribution is -0.127. The van der Waals surface area contributed by atoms with Crippen LogP contribution in [0.2, 0.25) is 0 Å². The summed E-state index contributed by atoms with van der Waals surface area (Å²) >= 11 is 3.41. The van der Waals surface area contributed by atoms with Gasteiger partial charge >= 0.3 is 0 Å². The molecule has 1 aliphatic heterocycles. The van der Waals surface area contributed by atoms with Crippen molar-refractivity contribution >= 4 is 38.5 Å². The Bertz CT molecular complexity index is 645. The maximum absolute atomic E-state index is 11.4. The second-order valence-electron chi connectivity index (χ2n) is 3.93. The van der Waals surface area contributed by atoms with Gasteiger partial charge in [0.2, 0.25) is 5.91 Å². The molecule has 86 valence electrons. The highest BCUT2D eigenvalue weighted by molar-refractivity contribution is 9.10. The number of hydrogen-bond donors (Lipinski definition) is 0. The highest BCUT2D eigenvalue weighted by atomic mass is 79.9. The molecule has 0 radical (unpaired) electrons. The largest absolute Gasteiger partial charge is 0.455 e. The summed E-state index contributed by atoms with van der Waals surface area (Å²) in [6.45, 7) is 0. The maximum Gasteiger partial charge on any atom is 0.248 e. The van der Waals surface area contributed by atoms with Gasteiger partial charge in [0.1, 0.15) is 11.3 Å². The number of benzene rings is 1. The van der Waals surface area contributed by atoms with Crippen LogP contribution in [-0.4, -0.2) is 23.7 Å². The molecule has 0 aliphatic carbocycles. The lowest BCUT2D eigenvalue weighted by atomic mass is 10.2. The van der Waals surface area contributed by atoms with E-state index >= 15 is 0 Å². The topological polar surface area (TPSA) is 45.8 Å². The minimum atomic E-state index is -0.0124. The molecule has 17 heavy (non-hydrogen) atoms. The van der Waals surface area contributed by atoms with Crippen molar-refractivity contribution in [2.24, 2.45) is 5.10 Å². The Morgan fingerprint density at radius 1 is 1.41 bits per heavy atom. The average Bonchev–Trinajstić information content (AvgIpc) is 2.83. The second kappa shape index (κ2) is 3.70. The van der Waals surface area contributed by atoms with Gasteiger partial charge in [0.05, 0.1) is 6.42 Å². The summed E-state index contributed by atoms with van der Waals surface area (Å²) in [5.74, 6) is 0.650. The normalized spacial score (nSPS) is 15.8. The number of carbonyl (C=O) groups is 1. The van der Waals surface area contributed by atoms with Crippen LogP contribution in [0, 0.1) is 0 Å². The molecule has 5 heteroatoms. The molecule has 0 atom stereocenters. The summed E-state index contributed by atoms with van der Waals surface area (Å²) in [7, 11) is 1.65. The van der Waals surface area contributed by atoms with Gasteiger partial charge in [0, 0.05) is 16.9 Å². The Labute approximate surface area is 106 Å². The minimum absolute atomic E-state index is 0.0124. The summed E-state index contributed by atoms with van der Waals surface area (Å²) in [6.07, 6.45) is 0.303. The van der Waals surface area contributed by atoms with Gasteiger partial charge in [-0.05, 0) is 24.3 Å². The van der Waals surface area contributed by atoms with E-state index in [0.29, 0.717) is 17.9 Å². The van der Waals surface area contributed by atoms with Crippen molar-refractivity contribution in [1.29, 1.82) is 0 Å². The van der Waals surface area contributed by atoms with Crippen LogP contribution in [0.3, 0.4) is 0 Å². The fraction of sp³-hybridized carbons (Fsp3) is 0.167. The average molecular weight is 293 g/mol. The quantitative estimate of drug-likeness (QED) is 0.811. The van der Waals surface area contributed by atoms with Crippen LogP contribution in [0.1, 0.15) is 12.2 Å². The lowest BCUT2D eigenvalue weighted by Gasteiger charge is -1.98. The molecule has 0 bridgehead atoms. The van der Waals surface area contributed by atoms with E-state index in [1.807, 2.05) is 24.3 Å². The van der Waals surface area contributed by atoms with Crippen molar-refractivity contribution in [3.8, 4) is 0 Å². The van der Waals surface area contributed by atoms with Gasteiger partial charge in [-0.25, -0.2) is 5.01 Å². The van der Waals surface area contributed by atoms with Gasteiger partial charge in [-0.2, -0.15) is 5.10 Å². The van der Waals surface area contributed by atoms with E-state index in [-0.39, 0.29) is 5.91 Å². The number of hydrazone groups is 1.